The van der Waals surface area contributed by atoms with Crippen molar-refractivity contribution in [2.45, 2.75) is 6.92 Å². The van der Waals surface area contributed by atoms with E-state index < -0.39 is 5.97 Å². The third-order valence-corrected chi connectivity index (χ3v) is 1.95. The quantitative estimate of drug-likeness (QED) is 0.719. The highest BCUT2D eigenvalue weighted by molar-refractivity contribution is 5.89. The van der Waals surface area contributed by atoms with Crippen molar-refractivity contribution in [1.29, 1.82) is 0 Å². The SMILES string of the molecule is CC(=O)Oc1c(O)cnc2ccccc12. The smallest absolute Gasteiger partial charge is 0.308 e. The number of fused-ring (bicyclic) bond motifs is 1. The van der Waals surface area contributed by atoms with Crippen molar-refractivity contribution < 1.29 is 14.6 Å². The van der Waals surface area contributed by atoms with E-state index in [-0.39, 0.29) is 11.5 Å². The van der Waals surface area contributed by atoms with Gasteiger partial charge in [0.1, 0.15) is 0 Å². The minimum Gasteiger partial charge on any atom is -0.503 e. The number of carbonyl (C=O) groups excluding carboxylic acids is 1. The van der Waals surface area contributed by atoms with E-state index in [0.29, 0.717) is 10.9 Å². The molecule has 0 radical (unpaired) electrons. The highest BCUT2D eigenvalue weighted by Gasteiger charge is 2.10. The number of nitrogens with zero attached hydrogens (tertiary/aromatic N) is 1. The first kappa shape index (κ1) is 9.45. The van der Waals surface area contributed by atoms with E-state index in [4.69, 9.17) is 4.74 Å². The lowest BCUT2D eigenvalue weighted by Gasteiger charge is -2.06. The first-order valence-corrected chi connectivity index (χ1v) is 4.43. The Kier molecular flexibility index (Phi) is 2.25. The van der Waals surface area contributed by atoms with Crippen molar-refractivity contribution in [3.63, 3.8) is 0 Å². The van der Waals surface area contributed by atoms with Gasteiger partial charge in [-0.15, -0.1) is 0 Å². The highest BCUT2D eigenvalue weighted by atomic mass is 16.5. The summed E-state index contributed by atoms with van der Waals surface area (Å²) in [6, 6.07) is 7.13. The van der Waals surface area contributed by atoms with Crippen molar-refractivity contribution >= 4 is 16.9 Å². The summed E-state index contributed by atoms with van der Waals surface area (Å²) in [5.74, 6) is -0.446. The van der Waals surface area contributed by atoms with Gasteiger partial charge in [0.15, 0.2) is 11.5 Å². The van der Waals surface area contributed by atoms with Crippen LogP contribution in [0.25, 0.3) is 10.9 Å². The van der Waals surface area contributed by atoms with Crippen LogP contribution in [0.5, 0.6) is 11.5 Å². The maximum atomic E-state index is 10.9. The van der Waals surface area contributed by atoms with Gasteiger partial charge < -0.3 is 9.84 Å². The van der Waals surface area contributed by atoms with Gasteiger partial charge in [0.2, 0.25) is 0 Å². The second kappa shape index (κ2) is 3.57. The second-order valence-corrected chi connectivity index (χ2v) is 3.08. The Hall–Kier alpha value is -2.10. The largest absolute Gasteiger partial charge is 0.503 e. The summed E-state index contributed by atoms with van der Waals surface area (Å²) in [4.78, 5) is 14.9. The molecule has 0 spiro atoms. The lowest BCUT2D eigenvalue weighted by Crippen LogP contribution is -2.02. The summed E-state index contributed by atoms with van der Waals surface area (Å²) in [5, 5.41) is 10.1. The minimum absolute atomic E-state index is 0.135. The van der Waals surface area contributed by atoms with E-state index in [1.165, 1.54) is 13.1 Å². The van der Waals surface area contributed by atoms with Crippen LogP contribution in [0.3, 0.4) is 0 Å². The van der Waals surface area contributed by atoms with Gasteiger partial charge >= 0.3 is 5.97 Å². The van der Waals surface area contributed by atoms with E-state index in [2.05, 4.69) is 4.98 Å². The lowest BCUT2D eigenvalue weighted by molar-refractivity contribution is -0.131. The number of carbonyl (C=O) groups is 1. The third kappa shape index (κ3) is 1.74. The molecule has 76 valence electrons. The van der Waals surface area contributed by atoms with Crippen molar-refractivity contribution in [3.05, 3.63) is 30.5 Å². The van der Waals surface area contributed by atoms with Crippen LogP contribution in [0, 0.1) is 0 Å². The van der Waals surface area contributed by atoms with Crippen LogP contribution < -0.4 is 4.74 Å². The summed E-state index contributed by atoms with van der Waals surface area (Å²) in [7, 11) is 0. The predicted octanol–water partition coefficient (Wildman–Crippen LogP) is 1.87. The molecule has 0 unspecified atom stereocenters. The molecule has 0 atom stereocenters. The number of hydrogen-bond donors (Lipinski definition) is 1. The zero-order chi connectivity index (χ0) is 10.8. The van der Waals surface area contributed by atoms with Crippen molar-refractivity contribution in [3.8, 4) is 11.5 Å². The van der Waals surface area contributed by atoms with E-state index in [9.17, 15) is 9.90 Å². The summed E-state index contributed by atoms with van der Waals surface area (Å²) < 4.78 is 4.93. The van der Waals surface area contributed by atoms with Crippen LogP contribution >= 0.6 is 0 Å². The third-order valence-electron chi connectivity index (χ3n) is 1.95. The molecule has 0 aliphatic carbocycles. The molecular formula is C11H9NO3. The van der Waals surface area contributed by atoms with Gasteiger partial charge in [-0.05, 0) is 12.1 Å². The van der Waals surface area contributed by atoms with Gasteiger partial charge in [-0.25, -0.2) is 0 Å². The van der Waals surface area contributed by atoms with Crippen LogP contribution in [0.4, 0.5) is 0 Å². The molecule has 4 heteroatoms. The number of rotatable bonds is 1. The molecule has 15 heavy (non-hydrogen) atoms. The van der Waals surface area contributed by atoms with Gasteiger partial charge in [-0.3, -0.25) is 9.78 Å². The molecule has 0 amide bonds. The first-order chi connectivity index (χ1) is 7.18. The number of para-hydroxylation sites is 1. The maximum absolute atomic E-state index is 10.9. The first-order valence-electron chi connectivity index (χ1n) is 4.43. The molecule has 1 N–H and O–H groups in total. The topological polar surface area (TPSA) is 59.4 Å². The number of aromatic hydroxyl groups is 1. The Morgan fingerprint density at radius 2 is 2.13 bits per heavy atom. The standard InChI is InChI=1S/C11H9NO3/c1-7(13)15-11-8-4-2-3-5-9(8)12-6-10(11)14/h2-6,14H,1H3. The Balaban J connectivity index is 2.68. The summed E-state index contributed by atoms with van der Waals surface area (Å²) in [6.07, 6.45) is 1.26. The molecule has 0 saturated carbocycles. The Morgan fingerprint density at radius 1 is 1.40 bits per heavy atom. The van der Waals surface area contributed by atoms with Crippen LogP contribution in [-0.2, 0) is 4.79 Å². The molecule has 4 nitrogen and oxygen atoms in total. The number of benzene rings is 1. The molecule has 1 aromatic heterocycles. The molecular weight excluding hydrogens is 194 g/mol. The van der Waals surface area contributed by atoms with E-state index in [0.717, 1.165) is 0 Å². The Morgan fingerprint density at radius 3 is 2.87 bits per heavy atom. The number of ether oxygens (including phenoxy) is 1. The van der Waals surface area contributed by atoms with Gasteiger partial charge in [-0.1, -0.05) is 12.1 Å². The maximum Gasteiger partial charge on any atom is 0.308 e. The fraction of sp³-hybridized carbons (Fsp3) is 0.0909. The molecule has 0 aliphatic rings. The molecule has 0 bridgehead atoms. The minimum atomic E-state index is -0.471. The van der Waals surface area contributed by atoms with Crippen LogP contribution in [0.1, 0.15) is 6.92 Å². The normalized spacial score (nSPS) is 10.2. The van der Waals surface area contributed by atoms with E-state index in [1.807, 2.05) is 6.07 Å². The van der Waals surface area contributed by atoms with Crippen LogP contribution in [0.15, 0.2) is 30.5 Å². The average molecular weight is 203 g/mol. The van der Waals surface area contributed by atoms with E-state index >= 15 is 0 Å². The zero-order valence-electron chi connectivity index (χ0n) is 8.10. The number of esters is 1. The monoisotopic (exact) mass is 203 g/mol. The van der Waals surface area contributed by atoms with Crippen LogP contribution in [0.2, 0.25) is 0 Å². The highest BCUT2D eigenvalue weighted by Crippen LogP contribution is 2.32. The fourth-order valence-corrected chi connectivity index (χ4v) is 1.36. The lowest BCUT2D eigenvalue weighted by atomic mass is 10.2. The fourth-order valence-electron chi connectivity index (χ4n) is 1.36. The Labute approximate surface area is 86.1 Å². The number of aromatic nitrogens is 1. The zero-order valence-corrected chi connectivity index (χ0v) is 8.10. The van der Waals surface area contributed by atoms with Crippen LogP contribution in [-0.4, -0.2) is 16.1 Å². The Bertz CT molecular complexity index is 522. The summed E-state index contributed by atoms with van der Waals surface area (Å²) in [5.41, 5.74) is 0.673. The predicted molar refractivity (Wildman–Crippen MR) is 54.7 cm³/mol. The number of pyridine rings is 1. The second-order valence-electron chi connectivity index (χ2n) is 3.08. The van der Waals surface area contributed by atoms with E-state index in [1.54, 1.807) is 18.2 Å². The van der Waals surface area contributed by atoms with Crippen molar-refractivity contribution in [1.82, 2.24) is 4.98 Å². The molecule has 1 aromatic carbocycles. The van der Waals surface area contributed by atoms with Crippen molar-refractivity contribution in [2.75, 3.05) is 0 Å². The van der Waals surface area contributed by atoms with Crippen molar-refractivity contribution in [2.24, 2.45) is 0 Å². The van der Waals surface area contributed by atoms with Gasteiger partial charge in [0, 0.05) is 12.3 Å². The average Bonchev–Trinajstić information content (AvgIpc) is 2.22. The molecule has 0 saturated heterocycles. The molecule has 0 fully saturated rings. The summed E-state index contributed by atoms with van der Waals surface area (Å²) in [6.45, 7) is 1.29. The van der Waals surface area contributed by atoms with Gasteiger partial charge in [0.25, 0.3) is 0 Å². The molecule has 0 aliphatic heterocycles. The molecule has 1 heterocycles. The number of hydrogen-bond acceptors (Lipinski definition) is 4. The van der Waals surface area contributed by atoms with Gasteiger partial charge in [0.05, 0.1) is 11.7 Å². The van der Waals surface area contributed by atoms with Gasteiger partial charge in [-0.2, -0.15) is 0 Å². The summed E-state index contributed by atoms with van der Waals surface area (Å²) >= 11 is 0. The molecule has 2 aromatic rings. The molecule has 2 rings (SSSR count).